The Morgan fingerprint density at radius 3 is 2.65 bits per heavy atom. The summed E-state index contributed by atoms with van der Waals surface area (Å²) in [5.74, 6) is -0.449. The maximum absolute atomic E-state index is 12.5. The average Bonchev–Trinajstić information content (AvgIpc) is 2.37. The molecule has 1 rings (SSSR count). The van der Waals surface area contributed by atoms with Gasteiger partial charge in [0.25, 0.3) is 0 Å². The van der Waals surface area contributed by atoms with Crippen LogP contribution in [0.4, 0.5) is 18.9 Å². The Bertz CT molecular complexity index is 535. The van der Waals surface area contributed by atoms with Gasteiger partial charge in [-0.05, 0) is 25.1 Å². The molecule has 0 aliphatic heterocycles. The predicted octanol–water partition coefficient (Wildman–Crippen LogP) is 2.94. The third kappa shape index (κ3) is 4.16. The van der Waals surface area contributed by atoms with Crippen LogP contribution in [0.25, 0.3) is 0 Å². The van der Waals surface area contributed by atoms with Gasteiger partial charge < -0.3 is 10.1 Å². The SMILES string of the molecule is COC(=O)CC(C)Nc1ccc(C(F)(F)F)cc1C#N. The van der Waals surface area contributed by atoms with Gasteiger partial charge in [0.1, 0.15) is 6.07 Å². The molecule has 1 aromatic carbocycles. The first-order valence-electron chi connectivity index (χ1n) is 5.72. The van der Waals surface area contributed by atoms with Crippen molar-refractivity contribution < 1.29 is 22.7 Å². The summed E-state index contributed by atoms with van der Waals surface area (Å²) in [5, 5.41) is 11.7. The Labute approximate surface area is 114 Å². The third-order valence-electron chi connectivity index (χ3n) is 2.57. The molecule has 0 aliphatic carbocycles. The molecule has 0 fully saturated rings. The zero-order chi connectivity index (χ0) is 15.3. The van der Waals surface area contributed by atoms with Crippen molar-refractivity contribution in [2.75, 3.05) is 12.4 Å². The zero-order valence-electron chi connectivity index (χ0n) is 10.9. The summed E-state index contributed by atoms with van der Waals surface area (Å²) in [6, 6.07) is 4.16. The molecule has 20 heavy (non-hydrogen) atoms. The number of nitrogens with zero attached hydrogens (tertiary/aromatic N) is 1. The highest BCUT2D eigenvalue weighted by Crippen LogP contribution is 2.31. The first-order valence-corrected chi connectivity index (χ1v) is 5.72. The minimum Gasteiger partial charge on any atom is -0.469 e. The standard InChI is InChI=1S/C13H13F3N2O2/c1-8(5-12(19)20-2)18-11-4-3-10(13(14,15)16)6-9(11)7-17/h3-4,6,8,18H,5H2,1-2H3. The number of halogens is 3. The molecule has 0 spiro atoms. The van der Waals surface area contributed by atoms with E-state index in [2.05, 4.69) is 10.1 Å². The molecule has 0 aliphatic rings. The van der Waals surface area contributed by atoms with Crippen LogP contribution < -0.4 is 5.32 Å². The summed E-state index contributed by atoms with van der Waals surface area (Å²) in [6.07, 6.45) is -4.45. The minimum atomic E-state index is -4.50. The second-order valence-electron chi connectivity index (χ2n) is 4.20. The molecule has 7 heteroatoms. The Morgan fingerprint density at radius 2 is 2.15 bits per heavy atom. The van der Waals surface area contributed by atoms with Gasteiger partial charge in [-0.25, -0.2) is 0 Å². The Balaban J connectivity index is 2.92. The lowest BCUT2D eigenvalue weighted by atomic mass is 10.1. The second-order valence-corrected chi connectivity index (χ2v) is 4.20. The van der Waals surface area contributed by atoms with Crippen LogP contribution in [0.2, 0.25) is 0 Å². The van der Waals surface area contributed by atoms with Crippen LogP contribution >= 0.6 is 0 Å². The van der Waals surface area contributed by atoms with Crippen molar-refractivity contribution >= 4 is 11.7 Å². The number of anilines is 1. The van der Waals surface area contributed by atoms with Gasteiger partial charge in [0.05, 0.1) is 30.3 Å². The van der Waals surface area contributed by atoms with Crippen LogP contribution in [0, 0.1) is 11.3 Å². The smallest absolute Gasteiger partial charge is 0.416 e. The number of nitriles is 1. The van der Waals surface area contributed by atoms with Gasteiger partial charge in [0, 0.05) is 6.04 Å². The number of rotatable bonds is 4. The molecule has 0 bridgehead atoms. The molecule has 0 heterocycles. The molecule has 0 saturated heterocycles. The van der Waals surface area contributed by atoms with Gasteiger partial charge in [0.2, 0.25) is 0 Å². The molecule has 0 amide bonds. The number of carbonyl (C=O) groups is 1. The van der Waals surface area contributed by atoms with Crippen molar-refractivity contribution in [2.45, 2.75) is 25.6 Å². The normalized spacial score (nSPS) is 12.4. The highest BCUT2D eigenvalue weighted by Gasteiger charge is 2.31. The van der Waals surface area contributed by atoms with E-state index < -0.39 is 17.7 Å². The number of esters is 1. The molecule has 0 saturated carbocycles. The fourth-order valence-electron chi connectivity index (χ4n) is 1.59. The van der Waals surface area contributed by atoms with Crippen molar-refractivity contribution in [2.24, 2.45) is 0 Å². The number of carbonyl (C=O) groups excluding carboxylic acids is 1. The van der Waals surface area contributed by atoms with Crippen LogP contribution in [0.1, 0.15) is 24.5 Å². The monoisotopic (exact) mass is 286 g/mol. The minimum absolute atomic E-state index is 0.0440. The van der Waals surface area contributed by atoms with E-state index in [9.17, 15) is 18.0 Å². The molecule has 0 aromatic heterocycles. The van der Waals surface area contributed by atoms with E-state index >= 15 is 0 Å². The number of methoxy groups -OCH3 is 1. The summed E-state index contributed by atoms with van der Waals surface area (Å²) in [7, 11) is 1.24. The largest absolute Gasteiger partial charge is 0.469 e. The third-order valence-corrected chi connectivity index (χ3v) is 2.57. The zero-order valence-corrected chi connectivity index (χ0v) is 10.9. The average molecular weight is 286 g/mol. The highest BCUT2D eigenvalue weighted by molar-refractivity contribution is 5.71. The number of alkyl halides is 3. The quantitative estimate of drug-likeness (QED) is 0.864. The van der Waals surface area contributed by atoms with Crippen molar-refractivity contribution in [3.05, 3.63) is 29.3 Å². The summed E-state index contributed by atoms with van der Waals surface area (Å²) in [4.78, 5) is 11.1. The van der Waals surface area contributed by atoms with E-state index in [4.69, 9.17) is 5.26 Å². The van der Waals surface area contributed by atoms with E-state index in [0.717, 1.165) is 12.1 Å². The van der Waals surface area contributed by atoms with Gasteiger partial charge in [-0.2, -0.15) is 18.4 Å². The van der Waals surface area contributed by atoms with E-state index in [1.807, 2.05) is 0 Å². The van der Waals surface area contributed by atoms with Crippen LogP contribution in [0.5, 0.6) is 0 Å². The molecule has 4 nitrogen and oxygen atoms in total. The fourth-order valence-corrected chi connectivity index (χ4v) is 1.59. The molecule has 1 N–H and O–H groups in total. The van der Waals surface area contributed by atoms with Crippen molar-refractivity contribution in [1.29, 1.82) is 5.26 Å². The van der Waals surface area contributed by atoms with Gasteiger partial charge in [0.15, 0.2) is 0 Å². The van der Waals surface area contributed by atoms with E-state index in [0.29, 0.717) is 0 Å². The van der Waals surface area contributed by atoms with E-state index in [-0.39, 0.29) is 23.7 Å². The van der Waals surface area contributed by atoms with Gasteiger partial charge in [-0.3, -0.25) is 4.79 Å². The topological polar surface area (TPSA) is 62.1 Å². The number of ether oxygens (including phenoxy) is 1. The van der Waals surface area contributed by atoms with Crippen LogP contribution in [-0.4, -0.2) is 19.1 Å². The Morgan fingerprint density at radius 1 is 1.50 bits per heavy atom. The lowest BCUT2D eigenvalue weighted by Crippen LogP contribution is -2.21. The molecule has 108 valence electrons. The van der Waals surface area contributed by atoms with Gasteiger partial charge in [-0.15, -0.1) is 0 Å². The Kier molecular flexibility index (Phi) is 4.97. The molecule has 1 unspecified atom stereocenters. The number of hydrogen-bond acceptors (Lipinski definition) is 4. The lowest BCUT2D eigenvalue weighted by molar-refractivity contribution is -0.140. The first-order chi connectivity index (χ1) is 9.27. The lowest BCUT2D eigenvalue weighted by Gasteiger charge is -2.16. The Hall–Kier alpha value is -2.23. The summed E-state index contributed by atoms with van der Waals surface area (Å²) in [5.41, 5.74) is -0.770. The predicted molar refractivity (Wildman–Crippen MR) is 65.9 cm³/mol. The van der Waals surface area contributed by atoms with Crippen molar-refractivity contribution in [3.8, 4) is 6.07 Å². The van der Waals surface area contributed by atoms with Gasteiger partial charge in [-0.1, -0.05) is 0 Å². The number of nitrogens with one attached hydrogen (secondary N) is 1. The second kappa shape index (κ2) is 6.28. The van der Waals surface area contributed by atoms with E-state index in [1.54, 1.807) is 13.0 Å². The summed E-state index contributed by atoms with van der Waals surface area (Å²) in [6.45, 7) is 1.66. The van der Waals surface area contributed by atoms with Crippen LogP contribution in [0.15, 0.2) is 18.2 Å². The van der Waals surface area contributed by atoms with Crippen molar-refractivity contribution in [3.63, 3.8) is 0 Å². The highest BCUT2D eigenvalue weighted by atomic mass is 19.4. The summed E-state index contributed by atoms with van der Waals surface area (Å²) >= 11 is 0. The van der Waals surface area contributed by atoms with Crippen LogP contribution in [0.3, 0.4) is 0 Å². The molecule has 1 aromatic rings. The maximum Gasteiger partial charge on any atom is 0.416 e. The maximum atomic E-state index is 12.5. The van der Waals surface area contributed by atoms with E-state index in [1.165, 1.54) is 13.2 Å². The molecular weight excluding hydrogens is 273 g/mol. The molecular formula is C13H13F3N2O2. The molecule has 0 radical (unpaired) electrons. The first kappa shape index (κ1) is 15.8. The summed E-state index contributed by atoms with van der Waals surface area (Å²) < 4.78 is 42.1. The van der Waals surface area contributed by atoms with Crippen LogP contribution in [-0.2, 0) is 15.7 Å². The fraction of sp³-hybridized carbons (Fsp3) is 0.385. The number of benzene rings is 1. The van der Waals surface area contributed by atoms with Crippen molar-refractivity contribution in [1.82, 2.24) is 0 Å². The number of hydrogen-bond donors (Lipinski definition) is 1. The molecule has 1 atom stereocenters. The van der Waals surface area contributed by atoms with Gasteiger partial charge >= 0.3 is 12.1 Å².